The molecule has 0 fully saturated rings. The predicted octanol–water partition coefficient (Wildman–Crippen LogP) is 6.82. The van der Waals surface area contributed by atoms with Crippen molar-refractivity contribution in [2.45, 2.75) is 53.6 Å². The van der Waals surface area contributed by atoms with Gasteiger partial charge in [0.05, 0.1) is 0 Å². The van der Waals surface area contributed by atoms with Gasteiger partial charge >= 0.3 is 53.6 Å². The van der Waals surface area contributed by atoms with Crippen molar-refractivity contribution in [2.24, 2.45) is 0 Å². The van der Waals surface area contributed by atoms with Crippen LogP contribution in [0.2, 0.25) is 0 Å². The average molecular weight is 496 g/mol. The zero-order valence-corrected chi connectivity index (χ0v) is 13.0. The molecule has 0 unspecified atom stereocenters. The highest BCUT2D eigenvalue weighted by Crippen LogP contribution is 2.65. The van der Waals surface area contributed by atoms with Gasteiger partial charge in [-0.3, -0.25) is 0 Å². The Kier molecular flexibility index (Phi) is 6.35. The standard InChI is InChI=1S/C11H3F19/c1-2-3(12,13)4(14,15)5(16,17)6(18,19)7(20,21)8(22,23)9(24,25)10(26,27)11(28,29)30/h2H,1H2. The summed E-state index contributed by atoms with van der Waals surface area (Å²) in [5.41, 5.74) is 0. The number of rotatable bonds is 8. The molecule has 0 aromatic heterocycles. The molecule has 180 valence electrons. The molecule has 0 bridgehead atoms. The van der Waals surface area contributed by atoms with Gasteiger partial charge in [0.25, 0.3) is 0 Å². The first-order valence-corrected chi connectivity index (χ1v) is 6.29. The molecule has 0 saturated carbocycles. The summed E-state index contributed by atoms with van der Waals surface area (Å²) in [6.45, 7) is 1.72. The number of hydrogen-bond donors (Lipinski definition) is 0. The van der Waals surface area contributed by atoms with Gasteiger partial charge in [-0.2, -0.15) is 83.4 Å². The van der Waals surface area contributed by atoms with Gasteiger partial charge in [-0.1, -0.05) is 6.58 Å². The fourth-order valence-electron chi connectivity index (χ4n) is 1.50. The zero-order chi connectivity index (χ0) is 25.2. The Morgan fingerprint density at radius 2 is 0.533 bits per heavy atom. The van der Waals surface area contributed by atoms with Gasteiger partial charge in [0.2, 0.25) is 0 Å². The molecule has 30 heavy (non-hydrogen) atoms. The van der Waals surface area contributed by atoms with Crippen LogP contribution < -0.4 is 0 Å². The van der Waals surface area contributed by atoms with Crippen molar-refractivity contribution in [3.8, 4) is 0 Å². The van der Waals surface area contributed by atoms with Crippen molar-refractivity contribution >= 4 is 0 Å². The zero-order valence-electron chi connectivity index (χ0n) is 13.0. The highest BCUT2D eigenvalue weighted by molar-refractivity contribution is 5.18. The monoisotopic (exact) mass is 496 g/mol. The molecule has 0 aliphatic carbocycles. The van der Waals surface area contributed by atoms with Crippen LogP contribution in [0.3, 0.4) is 0 Å². The lowest BCUT2D eigenvalue weighted by Crippen LogP contribution is -2.75. The van der Waals surface area contributed by atoms with Crippen molar-refractivity contribution in [3.05, 3.63) is 12.7 Å². The number of hydrogen-bond acceptors (Lipinski definition) is 0. The molecule has 0 aromatic carbocycles. The lowest BCUT2D eigenvalue weighted by molar-refractivity contribution is -0.467. The summed E-state index contributed by atoms with van der Waals surface area (Å²) in [6, 6.07) is 0. The summed E-state index contributed by atoms with van der Waals surface area (Å²) in [5, 5.41) is 0. The van der Waals surface area contributed by atoms with Crippen LogP contribution in [0.25, 0.3) is 0 Å². The van der Waals surface area contributed by atoms with E-state index in [1.54, 1.807) is 6.58 Å². The van der Waals surface area contributed by atoms with E-state index in [-0.39, 0.29) is 0 Å². The molecule has 19 heteroatoms. The summed E-state index contributed by atoms with van der Waals surface area (Å²) < 4.78 is 242. The second-order valence-electron chi connectivity index (χ2n) is 5.35. The number of allylic oxidation sites excluding steroid dienone is 1. The lowest BCUT2D eigenvalue weighted by Gasteiger charge is -2.43. The lowest BCUT2D eigenvalue weighted by atomic mass is 9.87. The van der Waals surface area contributed by atoms with E-state index in [9.17, 15) is 83.4 Å². The maximum absolute atomic E-state index is 13.2. The highest BCUT2D eigenvalue weighted by Gasteiger charge is 2.96. The molecule has 0 rings (SSSR count). The van der Waals surface area contributed by atoms with E-state index in [1.165, 1.54) is 0 Å². The SMILES string of the molecule is C=CC(F)(F)C(F)(F)C(F)(F)C(F)(F)C(F)(F)C(F)(F)C(F)(F)C(F)(F)C(F)(F)F. The summed E-state index contributed by atoms with van der Waals surface area (Å²) in [4.78, 5) is 0. The summed E-state index contributed by atoms with van der Waals surface area (Å²) >= 11 is 0. The first kappa shape index (κ1) is 28.4. The van der Waals surface area contributed by atoms with Crippen molar-refractivity contribution in [1.82, 2.24) is 0 Å². The second-order valence-corrected chi connectivity index (χ2v) is 5.35. The van der Waals surface area contributed by atoms with E-state index in [0.717, 1.165) is 0 Å². The molecular formula is C11H3F19. The predicted molar refractivity (Wildman–Crippen MR) is 55.8 cm³/mol. The van der Waals surface area contributed by atoms with Crippen molar-refractivity contribution in [3.63, 3.8) is 0 Å². The van der Waals surface area contributed by atoms with Crippen molar-refractivity contribution in [2.75, 3.05) is 0 Å². The van der Waals surface area contributed by atoms with Gasteiger partial charge in [-0.25, -0.2) is 0 Å². The quantitative estimate of drug-likeness (QED) is 0.256. The van der Waals surface area contributed by atoms with E-state index in [4.69, 9.17) is 0 Å². The van der Waals surface area contributed by atoms with Gasteiger partial charge in [0.1, 0.15) is 0 Å². The molecule has 0 aliphatic rings. The van der Waals surface area contributed by atoms with Gasteiger partial charge in [-0.15, -0.1) is 0 Å². The fraction of sp³-hybridized carbons (Fsp3) is 0.818. The molecule has 0 spiro atoms. The van der Waals surface area contributed by atoms with Gasteiger partial charge in [0, 0.05) is 0 Å². The van der Waals surface area contributed by atoms with Gasteiger partial charge in [-0.05, 0) is 6.08 Å². The topological polar surface area (TPSA) is 0 Å². The van der Waals surface area contributed by atoms with Crippen LogP contribution >= 0.6 is 0 Å². The Balaban J connectivity index is 6.89. The van der Waals surface area contributed by atoms with E-state index < -0.39 is 59.6 Å². The minimum Gasteiger partial charge on any atom is -0.195 e. The Morgan fingerprint density at radius 3 is 0.733 bits per heavy atom. The van der Waals surface area contributed by atoms with E-state index >= 15 is 0 Å². The Bertz CT molecular complexity index is 650. The molecule has 0 nitrogen and oxygen atoms in total. The van der Waals surface area contributed by atoms with Crippen LogP contribution in [0.4, 0.5) is 83.4 Å². The van der Waals surface area contributed by atoms with E-state index in [1.807, 2.05) is 0 Å². The molecule has 0 amide bonds. The molecule has 0 N–H and O–H groups in total. The number of alkyl halides is 19. The molecular weight excluding hydrogens is 493 g/mol. The third-order valence-electron chi connectivity index (χ3n) is 3.40. The van der Waals surface area contributed by atoms with Crippen molar-refractivity contribution in [1.29, 1.82) is 0 Å². The normalized spacial score (nSPS) is 16.6. The van der Waals surface area contributed by atoms with Gasteiger partial charge < -0.3 is 0 Å². The Morgan fingerprint density at radius 1 is 0.333 bits per heavy atom. The number of halogens is 19. The van der Waals surface area contributed by atoms with Crippen molar-refractivity contribution < 1.29 is 83.4 Å². The molecule has 0 saturated heterocycles. The van der Waals surface area contributed by atoms with Crippen LogP contribution in [0, 0.1) is 0 Å². The third-order valence-corrected chi connectivity index (χ3v) is 3.40. The first-order valence-electron chi connectivity index (χ1n) is 6.29. The van der Waals surface area contributed by atoms with Crippen LogP contribution in [0.15, 0.2) is 12.7 Å². The average Bonchev–Trinajstić information content (AvgIpc) is 2.52. The summed E-state index contributed by atoms with van der Waals surface area (Å²) in [7, 11) is 0. The second kappa shape index (κ2) is 6.70. The molecule has 0 aromatic rings. The molecule has 0 atom stereocenters. The largest absolute Gasteiger partial charge is 0.460 e. The van der Waals surface area contributed by atoms with Crippen LogP contribution in [0.5, 0.6) is 0 Å². The maximum Gasteiger partial charge on any atom is 0.460 e. The Hall–Kier alpha value is -1.59. The maximum atomic E-state index is 13.2. The van der Waals surface area contributed by atoms with Crippen LogP contribution in [0.1, 0.15) is 0 Å². The van der Waals surface area contributed by atoms with Gasteiger partial charge in [0.15, 0.2) is 0 Å². The summed E-state index contributed by atoms with van der Waals surface area (Å²) in [6.07, 6.45) is -9.46. The highest BCUT2D eigenvalue weighted by atomic mass is 19.4. The third kappa shape index (κ3) is 3.16. The van der Waals surface area contributed by atoms with Crippen LogP contribution in [-0.4, -0.2) is 53.6 Å². The first-order chi connectivity index (χ1) is 12.6. The Labute approximate surface area is 151 Å². The van der Waals surface area contributed by atoms with Crippen LogP contribution in [-0.2, 0) is 0 Å². The molecule has 0 aliphatic heterocycles. The van der Waals surface area contributed by atoms with E-state index in [2.05, 4.69) is 0 Å². The minimum absolute atomic E-state index is 1.58. The fourth-order valence-corrected chi connectivity index (χ4v) is 1.50. The summed E-state index contributed by atoms with van der Waals surface area (Å²) in [5.74, 6) is -66.4. The smallest absolute Gasteiger partial charge is 0.195 e. The van der Waals surface area contributed by atoms with E-state index in [0.29, 0.717) is 0 Å². The molecule has 0 radical (unpaired) electrons. The minimum atomic E-state index is -8.89. The molecule has 0 heterocycles.